The summed E-state index contributed by atoms with van der Waals surface area (Å²) in [5.41, 5.74) is 0.361. The third kappa shape index (κ3) is 4.11. The van der Waals surface area contributed by atoms with Gasteiger partial charge in [0.2, 0.25) is 0 Å². The molecule has 1 aliphatic heterocycles. The van der Waals surface area contributed by atoms with Crippen LogP contribution in [0.1, 0.15) is 25.8 Å². The van der Waals surface area contributed by atoms with Gasteiger partial charge in [0.15, 0.2) is 11.5 Å². The molecule has 0 aliphatic carbocycles. The van der Waals surface area contributed by atoms with E-state index in [1.807, 2.05) is 12.1 Å². The molecule has 0 fully saturated rings. The molecule has 0 unspecified atom stereocenters. The number of carboxylic acid groups (broad SMARTS) is 1. The zero-order valence-electron chi connectivity index (χ0n) is 12.2. The monoisotopic (exact) mass is 357 g/mol. The zero-order chi connectivity index (χ0) is 15.5. The molecule has 6 heteroatoms. The average Bonchev–Trinajstić information content (AvgIpc) is 2.43. The van der Waals surface area contributed by atoms with Crippen LogP contribution in [-0.4, -0.2) is 30.8 Å². The molecule has 0 atom stereocenters. The number of carbonyl (C=O) groups is 1. The van der Waals surface area contributed by atoms with E-state index in [-0.39, 0.29) is 0 Å². The highest BCUT2D eigenvalue weighted by atomic mass is 79.9. The maximum atomic E-state index is 11.0. The number of ether oxygens (including phenoxy) is 2. The van der Waals surface area contributed by atoms with Crippen LogP contribution in [0.3, 0.4) is 0 Å². The van der Waals surface area contributed by atoms with Gasteiger partial charge in [-0.05, 0) is 60.4 Å². The van der Waals surface area contributed by atoms with Crippen molar-refractivity contribution in [1.82, 2.24) is 5.32 Å². The second kappa shape index (κ2) is 6.66. The highest BCUT2D eigenvalue weighted by molar-refractivity contribution is 9.10. The van der Waals surface area contributed by atoms with Crippen molar-refractivity contribution in [2.24, 2.45) is 5.41 Å². The number of carboxylic acids is 1. The van der Waals surface area contributed by atoms with E-state index < -0.39 is 11.4 Å². The Morgan fingerprint density at radius 2 is 2.10 bits per heavy atom. The summed E-state index contributed by atoms with van der Waals surface area (Å²) < 4.78 is 12.0. The van der Waals surface area contributed by atoms with Crippen LogP contribution in [-0.2, 0) is 11.3 Å². The number of hydrogen-bond acceptors (Lipinski definition) is 4. The lowest BCUT2D eigenvalue weighted by atomic mass is 9.90. The summed E-state index contributed by atoms with van der Waals surface area (Å²) in [6, 6.07) is 3.94. The van der Waals surface area contributed by atoms with E-state index in [1.54, 1.807) is 13.8 Å². The number of benzene rings is 1. The maximum absolute atomic E-state index is 11.0. The van der Waals surface area contributed by atoms with E-state index in [2.05, 4.69) is 21.2 Å². The fraction of sp³-hybridized carbons (Fsp3) is 0.533. The standard InChI is InChI=1S/C15H20BrNO4/c1-15(2,14(18)19)3-4-17-9-10-7-11(16)13-12(8-10)20-5-6-21-13/h7-8,17H,3-6,9H2,1-2H3,(H,18,19). The zero-order valence-corrected chi connectivity index (χ0v) is 13.8. The molecule has 0 spiro atoms. The van der Waals surface area contributed by atoms with Crippen LogP contribution in [0.4, 0.5) is 0 Å². The molecule has 0 saturated carbocycles. The van der Waals surface area contributed by atoms with Crippen LogP contribution in [0.15, 0.2) is 16.6 Å². The first-order valence-electron chi connectivity index (χ1n) is 6.92. The van der Waals surface area contributed by atoms with Crippen LogP contribution in [0.2, 0.25) is 0 Å². The lowest BCUT2D eigenvalue weighted by Gasteiger charge is -2.21. The first kappa shape index (κ1) is 16.1. The number of halogens is 1. The Kier molecular flexibility index (Phi) is 5.11. The molecule has 1 heterocycles. The minimum absolute atomic E-state index is 0.559. The Bertz CT molecular complexity index is 531. The lowest BCUT2D eigenvalue weighted by molar-refractivity contribution is -0.147. The number of nitrogens with one attached hydrogen (secondary N) is 1. The summed E-state index contributed by atoms with van der Waals surface area (Å²) in [5, 5.41) is 12.3. The van der Waals surface area contributed by atoms with Gasteiger partial charge in [-0.1, -0.05) is 0 Å². The van der Waals surface area contributed by atoms with Gasteiger partial charge in [-0.2, -0.15) is 0 Å². The second-order valence-electron chi connectivity index (χ2n) is 5.72. The largest absolute Gasteiger partial charge is 0.486 e. The van der Waals surface area contributed by atoms with Crippen molar-refractivity contribution in [1.29, 1.82) is 0 Å². The van der Waals surface area contributed by atoms with E-state index in [0.29, 0.717) is 32.7 Å². The number of hydrogen-bond donors (Lipinski definition) is 2. The number of rotatable bonds is 6. The van der Waals surface area contributed by atoms with Crippen molar-refractivity contribution in [3.05, 3.63) is 22.2 Å². The summed E-state index contributed by atoms with van der Waals surface area (Å²) in [6.45, 7) is 5.89. The Labute approximate surface area is 132 Å². The first-order valence-corrected chi connectivity index (χ1v) is 7.71. The highest BCUT2D eigenvalue weighted by Crippen LogP contribution is 2.38. The van der Waals surface area contributed by atoms with Crippen LogP contribution >= 0.6 is 15.9 Å². The van der Waals surface area contributed by atoms with E-state index in [4.69, 9.17) is 14.6 Å². The Balaban J connectivity index is 1.89. The van der Waals surface area contributed by atoms with Gasteiger partial charge in [0.05, 0.1) is 9.89 Å². The summed E-state index contributed by atoms with van der Waals surface area (Å²) in [4.78, 5) is 11.0. The Morgan fingerprint density at radius 1 is 1.38 bits per heavy atom. The Morgan fingerprint density at radius 3 is 2.81 bits per heavy atom. The predicted molar refractivity (Wildman–Crippen MR) is 82.9 cm³/mol. The molecule has 1 aromatic carbocycles. The predicted octanol–water partition coefficient (Wildman–Crippen LogP) is 2.81. The van der Waals surface area contributed by atoms with Gasteiger partial charge in [0.25, 0.3) is 0 Å². The van der Waals surface area contributed by atoms with E-state index >= 15 is 0 Å². The molecule has 116 valence electrons. The van der Waals surface area contributed by atoms with Crippen molar-refractivity contribution in [3.63, 3.8) is 0 Å². The van der Waals surface area contributed by atoms with E-state index in [1.165, 1.54) is 0 Å². The van der Waals surface area contributed by atoms with Crippen LogP contribution in [0.5, 0.6) is 11.5 Å². The average molecular weight is 358 g/mol. The summed E-state index contributed by atoms with van der Waals surface area (Å²) in [7, 11) is 0. The van der Waals surface area contributed by atoms with Gasteiger partial charge in [0, 0.05) is 6.54 Å². The normalized spacial score (nSPS) is 14.0. The second-order valence-corrected chi connectivity index (χ2v) is 6.57. The summed E-state index contributed by atoms with van der Waals surface area (Å²) in [5.74, 6) is 0.724. The van der Waals surface area contributed by atoms with Gasteiger partial charge < -0.3 is 19.9 Å². The number of fused-ring (bicyclic) bond motifs is 1. The molecular formula is C15H20BrNO4. The van der Waals surface area contributed by atoms with Crippen molar-refractivity contribution >= 4 is 21.9 Å². The molecule has 0 radical (unpaired) electrons. The minimum Gasteiger partial charge on any atom is -0.486 e. The van der Waals surface area contributed by atoms with Crippen molar-refractivity contribution in [2.75, 3.05) is 19.8 Å². The first-order chi connectivity index (χ1) is 9.90. The molecule has 0 bridgehead atoms. The minimum atomic E-state index is -0.772. The van der Waals surface area contributed by atoms with Crippen molar-refractivity contribution in [2.45, 2.75) is 26.8 Å². The molecule has 0 aromatic heterocycles. The quantitative estimate of drug-likeness (QED) is 0.766. The molecule has 1 aromatic rings. The molecule has 2 N–H and O–H groups in total. The molecule has 0 saturated heterocycles. The van der Waals surface area contributed by atoms with Gasteiger partial charge in [0.1, 0.15) is 13.2 Å². The molecular weight excluding hydrogens is 338 g/mol. The van der Waals surface area contributed by atoms with E-state index in [9.17, 15) is 4.79 Å². The smallest absolute Gasteiger partial charge is 0.309 e. The molecule has 5 nitrogen and oxygen atoms in total. The third-order valence-electron chi connectivity index (χ3n) is 3.49. The number of aliphatic carboxylic acids is 1. The van der Waals surface area contributed by atoms with Gasteiger partial charge >= 0.3 is 5.97 Å². The van der Waals surface area contributed by atoms with Crippen LogP contribution < -0.4 is 14.8 Å². The lowest BCUT2D eigenvalue weighted by Crippen LogP contribution is -2.28. The van der Waals surface area contributed by atoms with Crippen molar-refractivity contribution < 1.29 is 19.4 Å². The van der Waals surface area contributed by atoms with Gasteiger partial charge in [-0.3, -0.25) is 4.79 Å². The SMILES string of the molecule is CC(C)(CCNCc1cc(Br)c2c(c1)OCCO2)C(=O)O. The van der Waals surface area contributed by atoms with Crippen molar-refractivity contribution in [3.8, 4) is 11.5 Å². The third-order valence-corrected chi connectivity index (χ3v) is 4.08. The van der Waals surface area contributed by atoms with Gasteiger partial charge in [-0.15, -0.1) is 0 Å². The fourth-order valence-corrected chi connectivity index (χ4v) is 2.61. The topological polar surface area (TPSA) is 67.8 Å². The molecule has 0 amide bonds. The van der Waals surface area contributed by atoms with Crippen LogP contribution in [0, 0.1) is 5.41 Å². The maximum Gasteiger partial charge on any atom is 0.309 e. The highest BCUT2D eigenvalue weighted by Gasteiger charge is 2.26. The van der Waals surface area contributed by atoms with E-state index in [0.717, 1.165) is 21.5 Å². The summed E-state index contributed by atoms with van der Waals surface area (Å²) >= 11 is 3.48. The fourth-order valence-electron chi connectivity index (χ4n) is 2.01. The summed E-state index contributed by atoms with van der Waals surface area (Å²) in [6.07, 6.45) is 0.577. The van der Waals surface area contributed by atoms with Crippen LogP contribution in [0.25, 0.3) is 0 Å². The van der Waals surface area contributed by atoms with Gasteiger partial charge in [-0.25, -0.2) is 0 Å². The molecule has 1 aliphatic rings. The Hall–Kier alpha value is -1.27. The molecule has 2 rings (SSSR count). The molecule has 21 heavy (non-hydrogen) atoms.